The molecule has 26 heavy (non-hydrogen) atoms. The molecule has 2 N–H and O–H groups in total. The number of primary amides is 1. The molecule has 0 saturated carbocycles. The van der Waals surface area contributed by atoms with Gasteiger partial charge in [-0.1, -0.05) is 42.1 Å². The van der Waals surface area contributed by atoms with Crippen molar-refractivity contribution in [1.82, 2.24) is 0 Å². The summed E-state index contributed by atoms with van der Waals surface area (Å²) in [5.74, 6) is -1.26. The monoisotopic (exact) mass is 369 g/mol. The molecule has 2 aromatic carbocycles. The number of hydrogen-bond acceptors (Lipinski definition) is 4. The van der Waals surface area contributed by atoms with Crippen LogP contribution in [0.3, 0.4) is 0 Å². The Bertz CT molecular complexity index is 895. The first kappa shape index (κ1) is 17.9. The van der Waals surface area contributed by atoms with E-state index in [4.69, 9.17) is 5.73 Å². The van der Waals surface area contributed by atoms with Crippen molar-refractivity contribution in [3.8, 4) is 0 Å². The zero-order valence-corrected chi connectivity index (χ0v) is 14.7. The Morgan fingerprint density at radius 2 is 1.85 bits per heavy atom. The van der Waals surface area contributed by atoms with Crippen molar-refractivity contribution >= 4 is 40.5 Å². The van der Waals surface area contributed by atoms with E-state index in [-0.39, 0.29) is 11.6 Å². The van der Waals surface area contributed by atoms with Crippen LogP contribution in [-0.2, 0) is 9.59 Å². The van der Waals surface area contributed by atoms with Crippen molar-refractivity contribution < 1.29 is 14.0 Å². The molecule has 3 rings (SSSR count). The number of halogens is 1. The van der Waals surface area contributed by atoms with Crippen LogP contribution in [0.4, 0.5) is 10.1 Å². The third-order valence-corrected chi connectivity index (χ3v) is 4.77. The molecule has 0 spiro atoms. The largest absolute Gasteiger partial charge is 0.369 e. The molecular weight excluding hydrogens is 353 g/mol. The van der Waals surface area contributed by atoms with E-state index in [0.29, 0.717) is 10.9 Å². The molecule has 0 unspecified atom stereocenters. The molecule has 0 aromatic heterocycles. The molecule has 132 valence electrons. The van der Waals surface area contributed by atoms with Gasteiger partial charge in [0.2, 0.25) is 5.91 Å². The molecule has 1 aliphatic rings. The SMILES string of the molecule is C[C@H](SC1=N/C(=C/c2ccccc2)C(=O)N1c1ccc(F)cc1)C(N)=O. The number of nitrogens with zero attached hydrogens (tertiary/aromatic N) is 2. The second-order valence-electron chi connectivity index (χ2n) is 5.61. The Balaban J connectivity index is 2.00. The Morgan fingerprint density at radius 3 is 2.46 bits per heavy atom. The summed E-state index contributed by atoms with van der Waals surface area (Å²) in [5, 5.41) is -0.240. The lowest BCUT2D eigenvalue weighted by Crippen LogP contribution is -2.33. The average Bonchev–Trinajstić information content (AvgIpc) is 2.92. The number of carbonyl (C=O) groups excluding carboxylic acids is 2. The maximum Gasteiger partial charge on any atom is 0.283 e. The van der Waals surface area contributed by atoms with Gasteiger partial charge in [-0.3, -0.25) is 14.5 Å². The number of benzene rings is 2. The summed E-state index contributed by atoms with van der Waals surface area (Å²) in [6.45, 7) is 1.64. The van der Waals surface area contributed by atoms with Crippen LogP contribution in [0.25, 0.3) is 6.08 Å². The van der Waals surface area contributed by atoms with Gasteiger partial charge in [-0.15, -0.1) is 0 Å². The lowest BCUT2D eigenvalue weighted by atomic mass is 10.2. The second kappa shape index (κ2) is 7.53. The van der Waals surface area contributed by atoms with E-state index in [1.54, 1.807) is 13.0 Å². The number of anilines is 1. The summed E-state index contributed by atoms with van der Waals surface area (Å²) in [4.78, 5) is 30.0. The van der Waals surface area contributed by atoms with Gasteiger partial charge >= 0.3 is 0 Å². The van der Waals surface area contributed by atoms with E-state index in [9.17, 15) is 14.0 Å². The fraction of sp³-hybridized carbons (Fsp3) is 0.105. The molecule has 1 atom stereocenters. The van der Waals surface area contributed by atoms with Gasteiger partial charge in [0.15, 0.2) is 5.17 Å². The molecule has 0 fully saturated rings. The van der Waals surface area contributed by atoms with Crippen molar-refractivity contribution in [2.45, 2.75) is 12.2 Å². The summed E-state index contributed by atoms with van der Waals surface area (Å²) in [6.07, 6.45) is 1.67. The lowest BCUT2D eigenvalue weighted by Gasteiger charge is -2.19. The molecule has 0 radical (unpaired) electrons. The van der Waals surface area contributed by atoms with E-state index in [1.807, 2.05) is 30.3 Å². The molecule has 7 heteroatoms. The molecule has 2 amide bonds. The second-order valence-corrected chi connectivity index (χ2v) is 6.92. The predicted molar refractivity (Wildman–Crippen MR) is 102 cm³/mol. The van der Waals surface area contributed by atoms with Gasteiger partial charge in [0.1, 0.15) is 11.5 Å². The van der Waals surface area contributed by atoms with Gasteiger partial charge in [0, 0.05) is 0 Å². The summed E-state index contributed by atoms with van der Waals surface area (Å²) >= 11 is 1.09. The van der Waals surface area contributed by atoms with Crippen LogP contribution in [0.5, 0.6) is 0 Å². The summed E-state index contributed by atoms with van der Waals surface area (Å²) in [6, 6.07) is 14.8. The molecule has 1 heterocycles. The third-order valence-electron chi connectivity index (χ3n) is 3.70. The maximum absolute atomic E-state index is 13.2. The molecule has 5 nitrogen and oxygen atoms in total. The van der Waals surface area contributed by atoms with Crippen molar-refractivity contribution in [2.24, 2.45) is 10.7 Å². The maximum atomic E-state index is 13.2. The first-order valence-electron chi connectivity index (χ1n) is 7.87. The molecular formula is C19H16FN3O2S. The highest BCUT2D eigenvalue weighted by molar-refractivity contribution is 8.15. The van der Waals surface area contributed by atoms with Crippen LogP contribution < -0.4 is 10.6 Å². The van der Waals surface area contributed by atoms with E-state index in [1.165, 1.54) is 29.2 Å². The van der Waals surface area contributed by atoms with Gasteiger partial charge < -0.3 is 5.73 Å². The highest BCUT2D eigenvalue weighted by atomic mass is 32.2. The Hall–Kier alpha value is -2.93. The minimum Gasteiger partial charge on any atom is -0.369 e. The normalized spacial score (nSPS) is 16.7. The van der Waals surface area contributed by atoms with Gasteiger partial charge in [-0.2, -0.15) is 0 Å². The lowest BCUT2D eigenvalue weighted by molar-refractivity contribution is -0.117. The van der Waals surface area contributed by atoms with Crippen LogP contribution in [-0.4, -0.2) is 22.2 Å². The first-order chi connectivity index (χ1) is 12.5. The fourth-order valence-electron chi connectivity index (χ4n) is 2.32. The number of amidine groups is 1. The zero-order valence-electron chi connectivity index (χ0n) is 13.9. The smallest absolute Gasteiger partial charge is 0.283 e. The Labute approximate surface area is 154 Å². The fourth-order valence-corrected chi connectivity index (χ4v) is 3.19. The van der Waals surface area contributed by atoms with Crippen LogP contribution in [0, 0.1) is 5.82 Å². The molecule has 2 aromatic rings. The van der Waals surface area contributed by atoms with Crippen LogP contribution in [0.15, 0.2) is 65.3 Å². The van der Waals surface area contributed by atoms with E-state index in [0.717, 1.165) is 17.3 Å². The number of amides is 2. The summed E-state index contributed by atoms with van der Waals surface area (Å²) in [7, 11) is 0. The van der Waals surface area contributed by atoms with Crippen molar-refractivity contribution in [2.75, 3.05) is 4.90 Å². The Morgan fingerprint density at radius 1 is 1.19 bits per heavy atom. The number of nitrogens with two attached hydrogens (primary N) is 1. The van der Waals surface area contributed by atoms with E-state index < -0.39 is 17.0 Å². The predicted octanol–water partition coefficient (Wildman–Crippen LogP) is 3.18. The van der Waals surface area contributed by atoms with Gasteiger partial charge in [-0.05, 0) is 42.8 Å². The van der Waals surface area contributed by atoms with Gasteiger partial charge in [0.25, 0.3) is 5.91 Å². The van der Waals surface area contributed by atoms with Crippen molar-refractivity contribution in [1.29, 1.82) is 0 Å². The van der Waals surface area contributed by atoms with Crippen LogP contribution in [0.1, 0.15) is 12.5 Å². The first-order valence-corrected chi connectivity index (χ1v) is 8.75. The third kappa shape index (κ3) is 3.83. The minimum atomic E-state index is -0.569. The summed E-state index contributed by atoms with van der Waals surface area (Å²) < 4.78 is 13.2. The van der Waals surface area contributed by atoms with Gasteiger partial charge in [0.05, 0.1) is 10.9 Å². The molecule has 0 saturated heterocycles. The highest BCUT2D eigenvalue weighted by Crippen LogP contribution is 2.31. The van der Waals surface area contributed by atoms with E-state index in [2.05, 4.69) is 4.99 Å². The minimum absolute atomic E-state index is 0.236. The summed E-state index contributed by atoms with van der Waals surface area (Å²) in [5.41, 5.74) is 6.86. The molecule has 1 aliphatic heterocycles. The topological polar surface area (TPSA) is 75.8 Å². The van der Waals surface area contributed by atoms with E-state index >= 15 is 0 Å². The number of thioether (sulfide) groups is 1. The van der Waals surface area contributed by atoms with Gasteiger partial charge in [-0.25, -0.2) is 9.38 Å². The van der Waals surface area contributed by atoms with Crippen molar-refractivity contribution in [3.05, 3.63) is 71.7 Å². The molecule has 0 aliphatic carbocycles. The number of aliphatic imine (C=N–C) groups is 1. The number of hydrogen-bond donors (Lipinski definition) is 1. The standard InChI is InChI=1S/C19H16FN3O2S/c1-12(17(21)24)26-19-22-16(11-13-5-3-2-4-6-13)18(25)23(19)15-9-7-14(20)8-10-15/h2-12H,1H3,(H2,21,24)/b16-11+/t12-/m0/s1. The Kier molecular flexibility index (Phi) is 5.18. The van der Waals surface area contributed by atoms with Crippen LogP contribution in [0.2, 0.25) is 0 Å². The zero-order chi connectivity index (χ0) is 18.7. The quantitative estimate of drug-likeness (QED) is 0.841. The van der Waals surface area contributed by atoms with Crippen LogP contribution >= 0.6 is 11.8 Å². The average molecular weight is 369 g/mol. The molecule has 0 bridgehead atoms. The highest BCUT2D eigenvalue weighted by Gasteiger charge is 2.33. The number of rotatable bonds is 4. The number of carbonyl (C=O) groups is 2. The van der Waals surface area contributed by atoms with Crippen molar-refractivity contribution in [3.63, 3.8) is 0 Å².